The van der Waals surface area contributed by atoms with E-state index < -0.39 is 0 Å². The fourth-order valence-electron chi connectivity index (χ4n) is 1.13. The van der Waals surface area contributed by atoms with Gasteiger partial charge in [-0.05, 0) is 6.42 Å². The van der Waals surface area contributed by atoms with Crippen molar-refractivity contribution >= 4 is 0 Å². The Morgan fingerprint density at radius 2 is 2.29 bits per heavy atom. The molecule has 0 aromatic heterocycles. The van der Waals surface area contributed by atoms with E-state index in [0.717, 1.165) is 13.0 Å². The second-order valence-electron chi connectivity index (χ2n) is 2.10. The second-order valence-corrected chi connectivity index (χ2v) is 2.10. The molecule has 0 radical (unpaired) electrons. The van der Waals surface area contributed by atoms with Crippen LogP contribution in [-0.2, 0) is 9.47 Å². The maximum atomic E-state index is 5.25. The van der Waals surface area contributed by atoms with E-state index in [1.807, 2.05) is 0 Å². The van der Waals surface area contributed by atoms with E-state index >= 15 is 0 Å². The molecule has 40 valence electrons. The van der Waals surface area contributed by atoms with E-state index in [1.54, 1.807) is 0 Å². The molecule has 2 heteroatoms. The molecule has 2 bridgehead atoms. The van der Waals surface area contributed by atoms with Gasteiger partial charge in [0.05, 0.1) is 12.7 Å². The predicted octanol–water partition coefficient (Wildman–Crippen LogP) is 0.522. The quantitative estimate of drug-likeness (QED) is 0.442. The van der Waals surface area contributed by atoms with E-state index in [4.69, 9.17) is 9.47 Å². The number of rotatable bonds is 0. The molecule has 2 saturated heterocycles. The fourth-order valence-corrected chi connectivity index (χ4v) is 1.13. The summed E-state index contributed by atoms with van der Waals surface area (Å²) in [6.07, 6.45) is 2.95. The molecule has 2 atom stereocenters. The lowest BCUT2D eigenvalue weighted by atomic mass is 10.2. The van der Waals surface area contributed by atoms with Gasteiger partial charge in [-0.15, -0.1) is 0 Å². The third kappa shape index (κ3) is 0.469. The van der Waals surface area contributed by atoms with Crippen LogP contribution in [0.5, 0.6) is 0 Å². The summed E-state index contributed by atoms with van der Waals surface area (Å²) in [6, 6.07) is 0. The predicted molar refractivity (Wildman–Crippen MR) is 23.8 cm³/mol. The molecule has 2 rings (SSSR count). The molecule has 2 aliphatic heterocycles. The highest BCUT2D eigenvalue weighted by molar-refractivity contribution is 4.73. The molecule has 2 heterocycles. The summed E-state index contributed by atoms with van der Waals surface area (Å²) in [4.78, 5) is 0. The maximum Gasteiger partial charge on any atom is 0.158 e. The first kappa shape index (κ1) is 3.87. The third-order valence-electron chi connectivity index (χ3n) is 1.54. The van der Waals surface area contributed by atoms with Gasteiger partial charge in [-0.2, -0.15) is 0 Å². The molecular weight excluding hydrogens is 92.1 g/mol. The number of hydrogen-bond donors (Lipinski definition) is 0. The zero-order valence-electron chi connectivity index (χ0n) is 4.09. The highest BCUT2D eigenvalue weighted by Crippen LogP contribution is 2.27. The van der Waals surface area contributed by atoms with Crippen molar-refractivity contribution in [3.05, 3.63) is 0 Å². The van der Waals surface area contributed by atoms with Crippen molar-refractivity contribution in [3.8, 4) is 0 Å². The van der Waals surface area contributed by atoms with Crippen molar-refractivity contribution in [2.24, 2.45) is 0 Å². The van der Waals surface area contributed by atoms with E-state index in [9.17, 15) is 0 Å². The summed E-state index contributed by atoms with van der Waals surface area (Å²) in [7, 11) is 0. The standard InChI is InChI=1S/C5H8O2/c1-2-5-6-3-4(1)7-5/h4-5H,1-3H2/t4-,5+/m1/s1. The topological polar surface area (TPSA) is 18.5 Å². The Morgan fingerprint density at radius 3 is 2.43 bits per heavy atom. The molecule has 2 fully saturated rings. The van der Waals surface area contributed by atoms with Crippen LogP contribution in [0.15, 0.2) is 0 Å². The first-order valence-corrected chi connectivity index (χ1v) is 2.72. The minimum atomic E-state index is 0.171. The Balaban J connectivity index is 2.12. The third-order valence-corrected chi connectivity index (χ3v) is 1.54. The zero-order chi connectivity index (χ0) is 4.69. The molecular formula is C5H8O2. The SMILES string of the molecule is C1C[C@H]2OC[C@@H]1O2. The molecule has 0 aromatic rings. The van der Waals surface area contributed by atoms with Crippen LogP contribution in [0.25, 0.3) is 0 Å². The van der Waals surface area contributed by atoms with Crippen molar-refractivity contribution in [3.63, 3.8) is 0 Å². The van der Waals surface area contributed by atoms with E-state index in [0.29, 0.717) is 6.10 Å². The van der Waals surface area contributed by atoms with Crippen LogP contribution in [0.1, 0.15) is 12.8 Å². The van der Waals surface area contributed by atoms with Crippen LogP contribution in [-0.4, -0.2) is 19.0 Å². The van der Waals surface area contributed by atoms with Crippen LogP contribution in [0, 0.1) is 0 Å². The largest absolute Gasteiger partial charge is 0.350 e. The smallest absolute Gasteiger partial charge is 0.158 e. The van der Waals surface area contributed by atoms with Crippen molar-refractivity contribution < 1.29 is 9.47 Å². The van der Waals surface area contributed by atoms with Gasteiger partial charge >= 0.3 is 0 Å². The van der Waals surface area contributed by atoms with E-state index in [-0.39, 0.29) is 6.29 Å². The Bertz CT molecular complexity index is 64.1. The van der Waals surface area contributed by atoms with Gasteiger partial charge in [0.15, 0.2) is 6.29 Å². The molecule has 2 aliphatic rings. The van der Waals surface area contributed by atoms with Crippen molar-refractivity contribution in [2.75, 3.05) is 6.61 Å². The molecule has 0 spiro atoms. The molecule has 2 nitrogen and oxygen atoms in total. The summed E-state index contributed by atoms with van der Waals surface area (Å²) in [5.41, 5.74) is 0. The van der Waals surface area contributed by atoms with Crippen LogP contribution >= 0.6 is 0 Å². The highest BCUT2D eigenvalue weighted by Gasteiger charge is 2.32. The average molecular weight is 100 g/mol. The lowest BCUT2D eigenvalue weighted by Gasteiger charge is -2.02. The summed E-state index contributed by atoms with van der Waals surface area (Å²) < 4.78 is 10.4. The molecule has 0 aliphatic carbocycles. The number of hydrogen-bond acceptors (Lipinski definition) is 2. The Kier molecular flexibility index (Phi) is 0.664. The summed E-state index contributed by atoms with van der Waals surface area (Å²) in [5, 5.41) is 0. The van der Waals surface area contributed by atoms with Gasteiger partial charge < -0.3 is 9.47 Å². The fraction of sp³-hybridized carbons (Fsp3) is 1.00. The van der Waals surface area contributed by atoms with Crippen molar-refractivity contribution in [2.45, 2.75) is 25.2 Å². The van der Waals surface area contributed by atoms with Gasteiger partial charge in [-0.25, -0.2) is 0 Å². The molecule has 0 N–H and O–H groups in total. The minimum Gasteiger partial charge on any atom is -0.350 e. The summed E-state index contributed by atoms with van der Waals surface area (Å²) in [5.74, 6) is 0. The van der Waals surface area contributed by atoms with Crippen molar-refractivity contribution in [1.82, 2.24) is 0 Å². The van der Waals surface area contributed by atoms with Gasteiger partial charge in [0.1, 0.15) is 0 Å². The highest BCUT2D eigenvalue weighted by atomic mass is 16.7. The lowest BCUT2D eigenvalue weighted by Crippen LogP contribution is -2.08. The molecule has 0 unspecified atom stereocenters. The van der Waals surface area contributed by atoms with Gasteiger partial charge in [-0.1, -0.05) is 0 Å². The van der Waals surface area contributed by atoms with Crippen molar-refractivity contribution in [1.29, 1.82) is 0 Å². The number of ether oxygens (including phenoxy) is 2. The molecule has 7 heavy (non-hydrogen) atoms. The van der Waals surface area contributed by atoms with Gasteiger partial charge in [-0.3, -0.25) is 0 Å². The van der Waals surface area contributed by atoms with Gasteiger partial charge in [0.25, 0.3) is 0 Å². The lowest BCUT2D eigenvalue weighted by molar-refractivity contribution is -0.0270. The first-order valence-electron chi connectivity index (χ1n) is 2.72. The van der Waals surface area contributed by atoms with E-state index in [2.05, 4.69) is 0 Å². The van der Waals surface area contributed by atoms with Crippen LogP contribution in [0.3, 0.4) is 0 Å². The maximum absolute atomic E-state index is 5.25. The Morgan fingerprint density at radius 1 is 1.29 bits per heavy atom. The van der Waals surface area contributed by atoms with E-state index in [1.165, 1.54) is 6.42 Å². The number of fused-ring (bicyclic) bond motifs is 2. The molecule has 0 aromatic carbocycles. The summed E-state index contributed by atoms with van der Waals surface area (Å²) in [6.45, 7) is 0.838. The summed E-state index contributed by atoms with van der Waals surface area (Å²) >= 11 is 0. The van der Waals surface area contributed by atoms with Gasteiger partial charge in [0.2, 0.25) is 0 Å². The zero-order valence-corrected chi connectivity index (χ0v) is 4.09. The van der Waals surface area contributed by atoms with Crippen LogP contribution < -0.4 is 0 Å². The van der Waals surface area contributed by atoms with Gasteiger partial charge in [0, 0.05) is 6.42 Å². The molecule has 0 amide bonds. The van der Waals surface area contributed by atoms with Crippen LogP contribution in [0.4, 0.5) is 0 Å². The van der Waals surface area contributed by atoms with Crippen LogP contribution in [0.2, 0.25) is 0 Å². The Labute approximate surface area is 42.4 Å². The first-order chi connectivity index (χ1) is 3.45. The normalized spacial score (nSPS) is 48.0. The Hall–Kier alpha value is -0.0800. The monoisotopic (exact) mass is 100 g/mol. The minimum absolute atomic E-state index is 0.171. The second kappa shape index (κ2) is 1.20. The molecule has 0 saturated carbocycles. The average Bonchev–Trinajstić information content (AvgIpc) is 2.22.